The number of nitrogens with zero attached hydrogens (tertiary/aromatic N) is 1. The van der Waals surface area contributed by atoms with E-state index in [9.17, 15) is 9.18 Å². The van der Waals surface area contributed by atoms with Gasteiger partial charge in [0.1, 0.15) is 5.82 Å². The van der Waals surface area contributed by atoms with E-state index in [0.29, 0.717) is 18.5 Å². The second-order valence-electron chi connectivity index (χ2n) is 5.10. The lowest BCUT2D eigenvalue weighted by molar-refractivity contribution is -0.119. The molecule has 0 aromatic heterocycles. The van der Waals surface area contributed by atoms with Gasteiger partial charge < -0.3 is 5.73 Å². The van der Waals surface area contributed by atoms with Gasteiger partial charge in [0.25, 0.3) is 0 Å². The number of nitrogens with two attached hydrogens (primary N) is 1. The molecule has 1 amide bonds. The average molecular weight is 250 g/mol. The van der Waals surface area contributed by atoms with Crippen molar-refractivity contribution < 1.29 is 9.18 Å². The molecule has 0 aliphatic heterocycles. The Morgan fingerprint density at radius 1 is 1.39 bits per heavy atom. The predicted octanol–water partition coefficient (Wildman–Crippen LogP) is 1.88. The molecule has 4 heteroatoms. The summed E-state index contributed by atoms with van der Waals surface area (Å²) in [6.07, 6.45) is 3.15. The highest BCUT2D eigenvalue weighted by Crippen LogP contribution is 2.36. The minimum atomic E-state index is -0.289. The van der Waals surface area contributed by atoms with Crippen LogP contribution >= 0.6 is 0 Å². The number of carbonyl (C=O) groups excluding carboxylic acids is 1. The van der Waals surface area contributed by atoms with Crippen LogP contribution in [0.3, 0.4) is 0 Å². The maximum atomic E-state index is 12.9. The van der Waals surface area contributed by atoms with Crippen molar-refractivity contribution in [3.05, 3.63) is 35.6 Å². The summed E-state index contributed by atoms with van der Waals surface area (Å²) in [7, 11) is 1.93. The zero-order chi connectivity index (χ0) is 13.1. The maximum absolute atomic E-state index is 12.9. The Hall–Kier alpha value is -1.42. The van der Waals surface area contributed by atoms with Crippen LogP contribution in [-0.4, -0.2) is 30.4 Å². The Morgan fingerprint density at radius 3 is 2.67 bits per heavy atom. The average Bonchev–Trinajstić information content (AvgIpc) is 2.78. The summed E-state index contributed by atoms with van der Waals surface area (Å²) in [5, 5.41) is 0. The molecule has 3 nitrogen and oxygen atoms in total. The van der Waals surface area contributed by atoms with Crippen molar-refractivity contribution in [2.24, 2.45) is 5.73 Å². The Labute approximate surface area is 107 Å². The van der Waals surface area contributed by atoms with E-state index in [0.717, 1.165) is 19.3 Å². The highest BCUT2D eigenvalue weighted by Gasteiger charge is 2.28. The third kappa shape index (κ3) is 3.07. The molecule has 1 fully saturated rings. The summed E-state index contributed by atoms with van der Waals surface area (Å²) in [6.45, 7) is 0.306. The molecule has 98 valence electrons. The van der Waals surface area contributed by atoms with Crippen LogP contribution in [-0.2, 0) is 4.79 Å². The van der Waals surface area contributed by atoms with Crippen LogP contribution in [0.1, 0.15) is 30.7 Å². The molecule has 1 unspecified atom stereocenters. The van der Waals surface area contributed by atoms with Gasteiger partial charge >= 0.3 is 0 Å². The van der Waals surface area contributed by atoms with Crippen molar-refractivity contribution in [1.29, 1.82) is 0 Å². The Kier molecular flexibility index (Phi) is 3.97. The summed E-state index contributed by atoms with van der Waals surface area (Å²) in [6, 6.07) is 7.13. The van der Waals surface area contributed by atoms with Gasteiger partial charge in [-0.15, -0.1) is 0 Å². The second-order valence-corrected chi connectivity index (χ2v) is 5.10. The molecule has 0 spiro atoms. The second kappa shape index (κ2) is 5.48. The molecule has 2 atom stereocenters. The van der Waals surface area contributed by atoms with Gasteiger partial charge in [-0.2, -0.15) is 0 Å². The minimum Gasteiger partial charge on any atom is -0.369 e. The van der Waals surface area contributed by atoms with Crippen LogP contribution in [0.25, 0.3) is 0 Å². The fourth-order valence-corrected chi connectivity index (χ4v) is 2.77. The lowest BCUT2D eigenvalue weighted by Gasteiger charge is -2.22. The lowest BCUT2D eigenvalue weighted by atomic mass is 9.97. The van der Waals surface area contributed by atoms with Crippen LogP contribution in [0.4, 0.5) is 4.39 Å². The number of hydrogen-bond acceptors (Lipinski definition) is 2. The van der Waals surface area contributed by atoms with Gasteiger partial charge in [0.15, 0.2) is 0 Å². The lowest BCUT2D eigenvalue weighted by Crippen LogP contribution is -2.37. The molecule has 0 saturated heterocycles. The van der Waals surface area contributed by atoms with Crippen LogP contribution in [0, 0.1) is 5.82 Å². The molecule has 1 aromatic carbocycles. The summed E-state index contributed by atoms with van der Waals surface area (Å²) in [4.78, 5) is 12.9. The molecule has 0 radical (unpaired) electrons. The molecule has 0 heterocycles. The standard InChI is InChI=1S/C14H19FN2O/c1-17(9-14(16)18)13-7-4-11(8-13)10-2-5-12(15)6-3-10/h2-3,5-6,11,13H,4,7-9H2,1H3,(H2,16,18)/t11?,13-/m0/s1. The summed E-state index contributed by atoms with van der Waals surface area (Å²) in [5.74, 6) is -0.0206. The molecule has 2 rings (SSSR count). The first-order valence-electron chi connectivity index (χ1n) is 6.30. The van der Waals surface area contributed by atoms with E-state index in [-0.39, 0.29) is 11.7 Å². The third-order valence-corrected chi connectivity index (χ3v) is 3.77. The maximum Gasteiger partial charge on any atom is 0.231 e. The number of likely N-dealkylation sites (N-methyl/N-ethyl adjacent to an activating group) is 1. The van der Waals surface area contributed by atoms with E-state index in [1.165, 1.54) is 17.7 Å². The molecule has 1 aliphatic rings. The number of benzene rings is 1. The van der Waals surface area contributed by atoms with Crippen molar-refractivity contribution in [3.63, 3.8) is 0 Å². The third-order valence-electron chi connectivity index (χ3n) is 3.77. The van der Waals surface area contributed by atoms with Crippen molar-refractivity contribution >= 4 is 5.91 Å². The molecule has 1 aliphatic carbocycles. The highest BCUT2D eigenvalue weighted by molar-refractivity contribution is 5.75. The topological polar surface area (TPSA) is 46.3 Å². The normalized spacial score (nSPS) is 23.5. The SMILES string of the molecule is CN(CC(N)=O)[C@H]1CCC(c2ccc(F)cc2)C1. The molecule has 1 aromatic rings. The quantitative estimate of drug-likeness (QED) is 0.887. The van der Waals surface area contributed by atoms with Crippen molar-refractivity contribution in [2.75, 3.05) is 13.6 Å². The van der Waals surface area contributed by atoms with E-state index in [4.69, 9.17) is 5.73 Å². The van der Waals surface area contributed by atoms with E-state index in [1.807, 2.05) is 24.1 Å². The summed E-state index contributed by atoms with van der Waals surface area (Å²) < 4.78 is 12.9. The van der Waals surface area contributed by atoms with Crippen molar-refractivity contribution in [3.8, 4) is 0 Å². The van der Waals surface area contributed by atoms with Crippen LogP contribution < -0.4 is 5.73 Å². The summed E-state index contributed by atoms with van der Waals surface area (Å²) >= 11 is 0. The molecule has 1 saturated carbocycles. The molecule has 18 heavy (non-hydrogen) atoms. The monoisotopic (exact) mass is 250 g/mol. The van der Waals surface area contributed by atoms with Gasteiger partial charge in [-0.1, -0.05) is 12.1 Å². The molecule has 0 bridgehead atoms. The number of amides is 1. The number of primary amides is 1. The Morgan fingerprint density at radius 2 is 2.06 bits per heavy atom. The molecule has 2 N–H and O–H groups in total. The number of carbonyl (C=O) groups is 1. The predicted molar refractivity (Wildman–Crippen MR) is 68.6 cm³/mol. The first-order valence-corrected chi connectivity index (χ1v) is 6.30. The van der Waals surface area contributed by atoms with Gasteiger partial charge in [-0.3, -0.25) is 9.69 Å². The van der Waals surface area contributed by atoms with Crippen LogP contribution in [0.2, 0.25) is 0 Å². The molecular weight excluding hydrogens is 231 g/mol. The first-order chi connectivity index (χ1) is 8.56. The zero-order valence-electron chi connectivity index (χ0n) is 10.6. The number of hydrogen-bond donors (Lipinski definition) is 1. The largest absolute Gasteiger partial charge is 0.369 e. The molecular formula is C14H19FN2O. The van der Waals surface area contributed by atoms with Gasteiger partial charge in [-0.05, 0) is 49.9 Å². The van der Waals surface area contributed by atoms with Gasteiger partial charge in [0.05, 0.1) is 6.54 Å². The number of halogens is 1. The van der Waals surface area contributed by atoms with E-state index >= 15 is 0 Å². The van der Waals surface area contributed by atoms with E-state index in [1.54, 1.807) is 0 Å². The van der Waals surface area contributed by atoms with Crippen LogP contribution in [0.15, 0.2) is 24.3 Å². The van der Waals surface area contributed by atoms with E-state index < -0.39 is 0 Å². The van der Waals surface area contributed by atoms with Gasteiger partial charge in [-0.25, -0.2) is 4.39 Å². The minimum absolute atomic E-state index is 0.195. The number of rotatable bonds is 4. The summed E-state index contributed by atoms with van der Waals surface area (Å²) in [5.41, 5.74) is 6.39. The van der Waals surface area contributed by atoms with Crippen molar-refractivity contribution in [1.82, 2.24) is 4.90 Å². The first kappa shape index (κ1) is 13.0. The van der Waals surface area contributed by atoms with Crippen LogP contribution in [0.5, 0.6) is 0 Å². The van der Waals surface area contributed by atoms with E-state index in [2.05, 4.69) is 0 Å². The fourth-order valence-electron chi connectivity index (χ4n) is 2.77. The zero-order valence-corrected chi connectivity index (χ0v) is 10.6. The smallest absolute Gasteiger partial charge is 0.231 e. The van der Waals surface area contributed by atoms with Gasteiger partial charge in [0.2, 0.25) is 5.91 Å². The Balaban J connectivity index is 1.95. The van der Waals surface area contributed by atoms with Crippen molar-refractivity contribution in [2.45, 2.75) is 31.2 Å². The Bertz CT molecular complexity index is 418. The van der Waals surface area contributed by atoms with Gasteiger partial charge in [0, 0.05) is 6.04 Å². The highest BCUT2D eigenvalue weighted by atomic mass is 19.1. The fraction of sp³-hybridized carbons (Fsp3) is 0.500.